The van der Waals surface area contributed by atoms with E-state index in [4.69, 9.17) is 5.73 Å². The van der Waals surface area contributed by atoms with Gasteiger partial charge >= 0.3 is 0 Å². The smallest absolute Gasteiger partial charge is 0.254 e. The average molecular weight is 218 g/mol. The molecule has 0 radical (unpaired) electrons. The van der Waals surface area contributed by atoms with Crippen LogP contribution in [0.5, 0.6) is 0 Å². The van der Waals surface area contributed by atoms with E-state index in [-0.39, 0.29) is 11.7 Å². The molecule has 16 heavy (non-hydrogen) atoms. The molecule has 0 fully saturated rings. The number of amides is 1. The third-order valence-corrected chi connectivity index (χ3v) is 2.79. The third-order valence-electron chi connectivity index (χ3n) is 2.79. The summed E-state index contributed by atoms with van der Waals surface area (Å²) in [4.78, 5) is 25.0. The van der Waals surface area contributed by atoms with Crippen LogP contribution in [0, 0.1) is 0 Å². The summed E-state index contributed by atoms with van der Waals surface area (Å²) >= 11 is 0. The Morgan fingerprint density at radius 2 is 2.25 bits per heavy atom. The molecule has 0 saturated heterocycles. The van der Waals surface area contributed by atoms with Gasteiger partial charge in [0.2, 0.25) is 0 Å². The van der Waals surface area contributed by atoms with Crippen molar-refractivity contribution in [2.45, 2.75) is 13.0 Å². The van der Waals surface area contributed by atoms with E-state index in [1.54, 1.807) is 24.1 Å². The molecule has 1 aliphatic rings. The van der Waals surface area contributed by atoms with Crippen LogP contribution in [0.2, 0.25) is 0 Å². The normalized spacial score (nSPS) is 14.1. The summed E-state index contributed by atoms with van der Waals surface area (Å²) in [6.07, 6.45) is 0.322. The minimum Gasteiger partial charge on any atom is -0.337 e. The number of benzene rings is 1. The Bertz CT molecular complexity index is 454. The average Bonchev–Trinajstić information content (AvgIpc) is 2.55. The Morgan fingerprint density at radius 3 is 2.94 bits per heavy atom. The minimum absolute atomic E-state index is 0.00680. The van der Waals surface area contributed by atoms with E-state index in [9.17, 15) is 9.59 Å². The van der Waals surface area contributed by atoms with Gasteiger partial charge in [-0.05, 0) is 18.2 Å². The monoisotopic (exact) mass is 218 g/mol. The van der Waals surface area contributed by atoms with Crippen LogP contribution in [0.1, 0.15) is 32.7 Å². The van der Waals surface area contributed by atoms with E-state index in [2.05, 4.69) is 0 Å². The molecule has 2 rings (SSSR count). The molecule has 4 heteroatoms. The van der Waals surface area contributed by atoms with Gasteiger partial charge in [-0.1, -0.05) is 12.1 Å². The fraction of sp³-hybridized carbons (Fsp3) is 0.333. The number of nitrogens with two attached hydrogens (primary N) is 1. The van der Waals surface area contributed by atoms with Gasteiger partial charge in [-0.15, -0.1) is 0 Å². The topological polar surface area (TPSA) is 63.4 Å². The van der Waals surface area contributed by atoms with Gasteiger partial charge in [0.05, 0.1) is 0 Å². The van der Waals surface area contributed by atoms with Crippen molar-refractivity contribution < 1.29 is 9.59 Å². The maximum atomic E-state index is 11.7. The number of rotatable bonds is 3. The van der Waals surface area contributed by atoms with Crippen molar-refractivity contribution in [3.05, 3.63) is 34.9 Å². The zero-order chi connectivity index (χ0) is 11.7. The standard InChI is InChI=1S/C12H14N2O2/c1-14-7-9-3-2-8(11(15)4-5-13)6-10(9)12(14)16/h2-3,6H,4-5,7,13H2,1H3. The van der Waals surface area contributed by atoms with Crippen molar-refractivity contribution in [1.29, 1.82) is 0 Å². The molecule has 0 spiro atoms. The van der Waals surface area contributed by atoms with Crippen LogP contribution < -0.4 is 5.73 Å². The van der Waals surface area contributed by atoms with Crippen molar-refractivity contribution in [3.63, 3.8) is 0 Å². The van der Waals surface area contributed by atoms with Crippen molar-refractivity contribution in [3.8, 4) is 0 Å². The van der Waals surface area contributed by atoms with Gasteiger partial charge in [0, 0.05) is 31.1 Å². The Balaban J connectivity index is 2.34. The Kier molecular flexibility index (Phi) is 2.75. The molecule has 4 nitrogen and oxygen atoms in total. The number of ketones is 1. The second-order valence-electron chi connectivity index (χ2n) is 3.99. The zero-order valence-corrected chi connectivity index (χ0v) is 9.19. The van der Waals surface area contributed by atoms with Gasteiger partial charge < -0.3 is 10.6 Å². The number of hydrogen-bond acceptors (Lipinski definition) is 3. The first-order valence-electron chi connectivity index (χ1n) is 5.25. The van der Waals surface area contributed by atoms with Crippen LogP contribution in [-0.2, 0) is 6.54 Å². The summed E-state index contributed by atoms with van der Waals surface area (Å²) in [6.45, 7) is 0.962. The van der Waals surface area contributed by atoms with Crippen molar-refractivity contribution in [2.75, 3.05) is 13.6 Å². The lowest BCUT2D eigenvalue weighted by Crippen LogP contribution is -2.17. The van der Waals surface area contributed by atoms with E-state index in [0.29, 0.717) is 30.6 Å². The summed E-state index contributed by atoms with van der Waals surface area (Å²) in [7, 11) is 1.75. The molecule has 1 aromatic rings. The summed E-state index contributed by atoms with van der Waals surface area (Å²) in [6, 6.07) is 5.29. The highest BCUT2D eigenvalue weighted by Gasteiger charge is 2.24. The Morgan fingerprint density at radius 1 is 1.50 bits per heavy atom. The van der Waals surface area contributed by atoms with Gasteiger partial charge in [-0.25, -0.2) is 0 Å². The number of nitrogens with zero attached hydrogens (tertiary/aromatic N) is 1. The Hall–Kier alpha value is -1.68. The highest BCUT2D eigenvalue weighted by Crippen LogP contribution is 2.22. The van der Waals surface area contributed by atoms with Crippen molar-refractivity contribution >= 4 is 11.7 Å². The van der Waals surface area contributed by atoms with Gasteiger partial charge in [0.15, 0.2) is 5.78 Å². The summed E-state index contributed by atoms with van der Waals surface area (Å²) in [5, 5.41) is 0. The lowest BCUT2D eigenvalue weighted by atomic mass is 10.0. The maximum Gasteiger partial charge on any atom is 0.254 e. The lowest BCUT2D eigenvalue weighted by Gasteiger charge is -2.04. The van der Waals surface area contributed by atoms with Gasteiger partial charge in [0.1, 0.15) is 0 Å². The second-order valence-corrected chi connectivity index (χ2v) is 3.99. The number of Topliss-reactive ketones (excluding diaryl/α,β-unsaturated/α-hetero) is 1. The van der Waals surface area contributed by atoms with Crippen LogP contribution in [0.25, 0.3) is 0 Å². The maximum absolute atomic E-state index is 11.7. The number of fused-ring (bicyclic) bond motifs is 1. The molecule has 0 aromatic heterocycles. The molecule has 0 unspecified atom stereocenters. The second kappa shape index (κ2) is 4.06. The molecule has 0 saturated carbocycles. The van der Waals surface area contributed by atoms with Gasteiger partial charge in [-0.3, -0.25) is 9.59 Å². The minimum atomic E-state index is -0.0163. The molecule has 0 bridgehead atoms. The molecule has 2 N–H and O–H groups in total. The Labute approximate surface area is 94.0 Å². The number of hydrogen-bond donors (Lipinski definition) is 1. The first-order chi connectivity index (χ1) is 7.63. The predicted octanol–water partition coefficient (Wildman–Crippen LogP) is 0.804. The van der Waals surface area contributed by atoms with Crippen LogP contribution in [0.3, 0.4) is 0 Å². The molecule has 0 aliphatic carbocycles. The van der Waals surface area contributed by atoms with Gasteiger partial charge in [0.25, 0.3) is 5.91 Å². The number of carbonyl (C=O) groups is 2. The molecule has 1 aromatic carbocycles. The molecule has 1 heterocycles. The van der Waals surface area contributed by atoms with Crippen LogP contribution in [-0.4, -0.2) is 30.2 Å². The molecule has 1 amide bonds. The first-order valence-corrected chi connectivity index (χ1v) is 5.25. The SMILES string of the molecule is CN1Cc2ccc(C(=O)CCN)cc2C1=O. The number of carbonyl (C=O) groups excluding carboxylic acids is 2. The zero-order valence-electron chi connectivity index (χ0n) is 9.19. The van der Waals surface area contributed by atoms with E-state index < -0.39 is 0 Å². The molecule has 84 valence electrons. The van der Waals surface area contributed by atoms with Crippen molar-refractivity contribution in [2.24, 2.45) is 5.73 Å². The van der Waals surface area contributed by atoms with E-state index in [0.717, 1.165) is 5.56 Å². The lowest BCUT2D eigenvalue weighted by molar-refractivity contribution is 0.0816. The summed E-state index contributed by atoms with van der Waals surface area (Å²) in [5.74, 6) is -0.0231. The van der Waals surface area contributed by atoms with Crippen LogP contribution >= 0.6 is 0 Å². The summed E-state index contributed by atoms with van der Waals surface area (Å²) in [5.41, 5.74) is 7.54. The van der Waals surface area contributed by atoms with Gasteiger partial charge in [-0.2, -0.15) is 0 Å². The van der Waals surface area contributed by atoms with Crippen LogP contribution in [0.4, 0.5) is 0 Å². The molecular formula is C12H14N2O2. The highest BCUT2D eigenvalue weighted by molar-refractivity contribution is 6.02. The fourth-order valence-electron chi connectivity index (χ4n) is 1.90. The third kappa shape index (κ3) is 1.72. The summed E-state index contributed by atoms with van der Waals surface area (Å²) < 4.78 is 0. The molecular weight excluding hydrogens is 204 g/mol. The van der Waals surface area contributed by atoms with Crippen LogP contribution in [0.15, 0.2) is 18.2 Å². The largest absolute Gasteiger partial charge is 0.337 e. The molecule has 1 aliphatic heterocycles. The van der Waals surface area contributed by atoms with E-state index >= 15 is 0 Å². The van der Waals surface area contributed by atoms with E-state index in [1.165, 1.54) is 0 Å². The van der Waals surface area contributed by atoms with Crippen molar-refractivity contribution in [1.82, 2.24) is 4.90 Å². The molecule has 0 atom stereocenters. The van der Waals surface area contributed by atoms with E-state index in [1.807, 2.05) is 6.07 Å². The first kappa shape index (κ1) is 10.8. The predicted molar refractivity (Wildman–Crippen MR) is 60.2 cm³/mol. The highest BCUT2D eigenvalue weighted by atomic mass is 16.2. The quantitative estimate of drug-likeness (QED) is 0.763. The fourth-order valence-corrected chi connectivity index (χ4v) is 1.90.